The number of nitrogens with zero attached hydrogens (tertiary/aromatic N) is 2. The molecule has 1 aliphatic heterocycles. The van der Waals surface area contributed by atoms with Crippen LogP contribution < -0.4 is 14.2 Å². The number of ether oxygens (including phenoxy) is 3. The van der Waals surface area contributed by atoms with Crippen LogP contribution in [0.15, 0.2) is 53.6 Å². The average Bonchev–Trinajstić information content (AvgIpc) is 3.11. The number of carbonyl (C=O) groups is 1. The van der Waals surface area contributed by atoms with E-state index in [1.807, 2.05) is 0 Å². The highest BCUT2D eigenvalue weighted by Crippen LogP contribution is 2.41. The van der Waals surface area contributed by atoms with Gasteiger partial charge in [-0.25, -0.2) is 0 Å². The van der Waals surface area contributed by atoms with E-state index in [9.17, 15) is 23.1 Å². The number of hydrazone groups is 1. The van der Waals surface area contributed by atoms with Gasteiger partial charge in [0.25, 0.3) is 11.6 Å². The van der Waals surface area contributed by atoms with Crippen molar-refractivity contribution in [1.82, 2.24) is 5.01 Å². The number of amides is 1. The normalized spacial score (nSPS) is 18.7. The third-order valence-electron chi connectivity index (χ3n) is 4.50. The molecule has 0 saturated heterocycles. The van der Waals surface area contributed by atoms with E-state index >= 15 is 0 Å². The van der Waals surface area contributed by atoms with E-state index in [1.54, 1.807) is 30.3 Å². The molecule has 2 aromatic carbocycles. The predicted molar refractivity (Wildman–Crippen MR) is 100 cm³/mol. The van der Waals surface area contributed by atoms with Crippen LogP contribution in [0.5, 0.6) is 17.2 Å². The highest BCUT2D eigenvalue weighted by Gasteiger charge is 2.63. The van der Waals surface area contributed by atoms with Crippen molar-refractivity contribution in [3.05, 3.63) is 54.1 Å². The van der Waals surface area contributed by atoms with Crippen LogP contribution in [0.3, 0.4) is 0 Å². The molecule has 30 heavy (non-hydrogen) atoms. The molecule has 1 heterocycles. The summed E-state index contributed by atoms with van der Waals surface area (Å²) < 4.78 is 56.5. The SMILES string of the molecule is COc1cccc(C2=NN(C(=O)COc3ccccc3OC)C(O)(C(F)(F)F)C2)c1. The van der Waals surface area contributed by atoms with Crippen molar-refractivity contribution >= 4 is 11.6 Å². The second-order valence-electron chi connectivity index (χ2n) is 6.41. The Hall–Kier alpha value is -3.27. The molecule has 1 unspecified atom stereocenters. The van der Waals surface area contributed by atoms with Gasteiger partial charge in [-0.1, -0.05) is 24.3 Å². The molecule has 1 N–H and O–H groups in total. The number of rotatable bonds is 6. The Kier molecular flexibility index (Phi) is 5.88. The van der Waals surface area contributed by atoms with Gasteiger partial charge in [-0.05, 0) is 24.3 Å². The Morgan fingerprint density at radius 3 is 2.47 bits per heavy atom. The Balaban J connectivity index is 1.88. The van der Waals surface area contributed by atoms with Gasteiger partial charge in [0.2, 0.25) is 0 Å². The molecule has 1 aliphatic rings. The maximum Gasteiger partial charge on any atom is 0.438 e. The molecule has 1 atom stereocenters. The molecule has 0 spiro atoms. The fourth-order valence-electron chi connectivity index (χ4n) is 2.93. The van der Waals surface area contributed by atoms with E-state index in [0.717, 1.165) is 0 Å². The summed E-state index contributed by atoms with van der Waals surface area (Å²) in [5.74, 6) is -0.299. The zero-order valence-electron chi connectivity index (χ0n) is 16.1. The summed E-state index contributed by atoms with van der Waals surface area (Å²) in [7, 11) is 2.80. The van der Waals surface area contributed by atoms with E-state index in [0.29, 0.717) is 11.5 Å². The van der Waals surface area contributed by atoms with Gasteiger partial charge in [-0.3, -0.25) is 4.79 Å². The molecular formula is C20H19F3N2O5. The third-order valence-corrected chi connectivity index (χ3v) is 4.50. The van der Waals surface area contributed by atoms with E-state index < -0.39 is 30.8 Å². The number of hydrogen-bond donors (Lipinski definition) is 1. The quantitative estimate of drug-likeness (QED) is 0.771. The molecule has 2 aromatic rings. The minimum absolute atomic E-state index is 0.0250. The monoisotopic (exact) mass is 424 g/mol. The number of hydrogen-bond acceptors (Lipinski definition) is 6. The van der Waals surface area contributed by atoms with Crippen molar-refractivity contribution in [2.24, 2.45) is 5.10 Å². The smallest absolute Gasteiger partial charge is 0.438 e. The maximum atomic E-state index is 13.7. The molecule has 3 rings (SSSR count). The first-order chi connectivity index (χ1) is 14.2. The zero-order valence-corrected chi connectivity index (χ0v) is 16.1. The highest BCUT2D eigenvalue weighted by atomic mass is 19.4. The molecule has 0 radical (unpaired) electrons. The van der Waals surface area contributed by atoms with Crippen molar-refractivity contribution in [1.29, 1.82) is 0 Å². The van der Waals surface area contributed by atoms with Gasteiger partial charge in [0, 0.05) is 5.56 Å². The van der Waals surface area contributed by atoms with Gasteiger partial charge in [0.1, 0.15) is 5.75 Å². The predicted octanol–water partition coefficient (Wildman–Crippen LogP) is 2.97. The number of alkyl halides is 3. The number of methoxy groups -OCH3 is 2. The molecule has 0 aliphatic carbocycles. The number of benzene rings is 2. The second kappa shape index (κ2) is 8.23. The van der Waals surface area contributed by atoms with Gasteiger partial charge < -0.3 is 19.3 Å². The van der Waals surface area contributed by atoms with E-state index in [-0.39, 0.29) is 22.0 Å². The van der Waals surface area contributed by atoms with Gasteiger partial charge in [-0.2, -0.15) is 23.3 Å². The van der Waals surface area contributed by atoms with Crippen molar-refractivity contribution in [3.8, 4) is 17.2 Å². The first kappa shape index (κ1) is 21.4. The fraction of sp³-hybridized carbons (Fsp3) is 0.300. The molecule has 1 amide bonds. The van der Waals surface area contributed by atoms with Gasteiger partial charge in [0.15, 0.2) is 18.1 Å². The third kappa shape index (κ3) is 4.04. The number of aliphatic hydroxyl groups is 1. The summed E-state index contributed by atoms with van der Waals surface area (Å²) in [5.41, 5.74) is -3.32. The van der Waals surface area contributed by atoms with Crippen molar-refractivity contribution in [3.63, 3.8) is 0 Å². The second-order valence-corrected chi connectivity index (χ2v) is 6.41. The minimum atomic E-state index is -5.14. The van der Waals surface area contributed by atoms with Crippen LogP contribution in [0, 0.1) is 0 Å². The Bertz CT molecular complexity index is 963. The van der Waals surface area contributed by atoms with Gasteiger partial charge >= 0.3 is 6.18 Å². The number of para-hydroxylation sites is 2. The van der Waals surface area contributed by atoms with E-state index in [4.69, 9.17) is 14.2 Å². The molecule has 160 valence electrons. The number of carbonyl (C=O) groups excluding carboxylic acids is 1. The molecule has 10 heteroatoms. The van der Waals surface area contributed by atoms with Crippen LogP contribution in [0.2, 0.25) is 0 Å². The molecule has 0 bridgehead atoms. The first-order valence-electron chi connectivity index (χ1n) is 8.79. The summed E-state index contributed by atoms with van der Waals surface area (Å²) in [6.07, 6.45) is -6.07. The van der Waals surface area contributed by atoms with Crippen molar-refractivity contribution < 1.29 is 37.3 Å². The van der Waals surface area contributed by atoms with Crippen LogP contribution >= 0.6 is 0 Å². The lowest BCUT2D eigenvalue weighted by Gasteiger charge is -2.32. The minimum Gasteiger partial charge on any atom is -0.497 e. The fourth-order valence-corrected chi connectivity index (χ4v) is 2.93. The topological polar surface area (TPSA) is 80.6 Å². The van der Waals surface area contributed by atoms with Crippen LogP contribution in [0.4, 0.5) is 13.2 Å². The maximum absolute atomic E-state index is 13.7. The molecule has 7 nitrogen and oxygen atoms in total. The van der Waals surface area contributed by atoms with E-state index in [1.165, 1.54) is 32.4 Å². The standard InChI is InChI=1S/C20H19F3N2O5/c1-28-14-7-5-6-13(10-14)15-11-19(27,20(21,22)23)25(24-15)18(26)12-30-17-9-4-3-8-16(17)29-2/h3-10,27H,11-12H2,1-2H3. The average molecular weight is 424 g/mol. The summed E-state index contributed by atoms with van der Waals surface area (Å²) in [6.45, 7) is -0.784. The van der Waals surface area contributed by atoms with E-state index in [2.05, 4.69) is 5.10 Å². The molecular weight excluding hydrogens is 405 g/mol. The number of halogens is 3. The van der Waals surface area contributed by atoms with Gasteiger partial charge in [-0.15, -0.1) is 0 Å². The molecule has 0 fully saturated rings. The largest absolute Gasteiger partial charge is 0.497 e. The van der Waals surface area contributed by atoms with Crippen LogP contribution in [-0.2, 0) is 4.79 Å². The molecule has 0 aromatic heterocycles. The summed E-state index contributed by atoms with van der Waals surface area (Å²) in [4.78, 5) is 12.5. The molecule has 0 saturated carbocycles. The zero-order chi connectivity index (χ0) is 21.9. The summed E-state index contributed by atoms with van der Waals surface area (Å²) in [5, 5.41) is 14.2. The first-order valence-corrected chi connectivity index (χ1v) is 8.79. The highest BCUT2D eigenvalue weighted by molar-refractivity contribution is 6.03. The van der Waals surface area contributed by atoms with Gasteiger partial charge in [0.05, 0.1) is 26.4 Å². The Labute approximate surface area is 170 Å². The van der Waals surface area contributed by atoms with Crippen molar-refractivity contribution in [2.75, 3.05) is 20.8 Å². The van der Waals surface area contributed by atoms with Crippen LogP contribution in [-0.4, -0.2) is 54.5 Å². The summed E-state index contributed by atoms with van der Waals surface area (Å²) >= 11 is 0. The van der Waals surface area contributed by atoms with Crippen LogP contribution in [0.1, 0.15) is 12.0 Å². The lowest BCUT2D eigenvalue weighted by Crippen LogP contribution is -2.57. The lowest BCUT2D eigenvalue weighted by atomic mass is 10.0. The Morgan fingerprint density at radius 2 is 1.83 bits per heavy atom. The Morgan fingerprint density at radius 1 is 1.13 bits per heavy atom. The van der Waals surface area contributed by atoms with Crippen LogP contribution in [0.25, 0.3) is 0 Å². The lowest BCUT2D eigenvalue weighted by molar-refractivity contribution is -0.302. The summed E-state index contributed by atoms with van der Waals surface area (Å²) in [6, 6.07) is 12.5. The van der Waals surface area contributed by atoms with Crippen molar-refractivity contribution in [2.45, 2.75) is 18.3 Å².